The molecule has 3 fully saturated rings. The molecule has 0 radical (unpaired) electrons. The Bertz CT molecular complexity index is 1050. The zero-order valence-electron chi connectivity index (χ0n) is 16.6. The Kier molecular flexibility index (Phi) is 4.98. The maximum atomic E-state index is 13.7. The summed E-state index contributed by atoms with van der Waals surface area (Å²) < 4.78 is 18.9. The highest BCUT2D eigenvalue weighted by molar-refractivity contribution is 7.15. The van der Waals surface area contributed by atoms with Crippen molar-refractivity contribution in [1.82, 2.24) is 14.9 Å². The fraction of sp³-hybridized carbons (Fsp3) is 0.348. The van der Waals surface area contributed by atoms with E-state index in [0.717, 1.165) is 40.9 Å². The summed E-state index contributed by atoms with van der Waals surface area (Å²) in [6.07, 6.45) is 4.13. The molecule has 0 spiro atoms. The van der Waals surface area contributed by atoms with Crippen molar-refractivity contribution in [3.63, 3.8) is 0 Å². The molecule has 1 aliphatic carbocycles. The van der Waals surface area contributed by atoms with E-state index in [1.807, 2.05) is 42.2 Å². The van der Waals surface area contributed by atoms with E-state index in [1.54, 1.807) is 11.3 Å². The lowest BCUT2D eigenvalue weighted by molar-refractivity contribution is -0.0313. The fourth-order valence-electron chi connectivity index (χ4n) is 4.51. The highest BCUT2D eigenvalue weighted by Crippen LogP contribution is 2.44. The summed E-state index contributed by atoms with van der Waals surface area (Å²) in [7, 11) is 0. The monoisotopic (exact) mass is 423 g/mol. The Morgan fingerprint density at radius 1 is 1.20 bits per heavy atom. The maximum Gasteiger partial charge on any atom is 0.274 e. The Balaban J connectivity index is 1.40. The predicted octanol–water partition coefficient (Wildman–Crippen LogP) is 4.72. The second-order valence-electron chi connectivity index (χ2n) is 8.00. The number of rotatable bonds is 5. The van der Waals surface area contributed by atoms with Gasteiger partial charge in [0.15, 0.2) is 0 Å². The molecule has 0 N–H and O–H groups in total. The van der Waals surface area contributed by atoms with Crippen LogP contribution in [0.2, 0.25) is 0 Å². The Labute approximate surface area is 178 Å². The first kappa shape index (κ1) is 19.2. The van der Waals surface area contributed by atoms with E-state index in [4.69, 9.17) is 4.74 Å². The van der Waals surface area contributed by atoms with Crippen LogP contribution in [0.25, 0.3) is 10.4 Å². The molecule has 1 atom stereocenters. The first-order valence-electron chi connectivity index (χ1n) is 10.2. The van der Waals surface area contributed by atoms with Crippen LogP contribution in [0.4, 0.5) is 4.39 Å². The van der Waals surface area contributed by atoms with Crippen molar-refractivity contribution in [1.29, 1.82) is 0 Å². The normalized spacial score (nSPS) is 22.5. The molecule has 2 aromatic heterocycles. The summed E-state index contributed by atoms with van der Waals surface area (Å²) in [5.41, 5.74) is 1.54. The third kappa shape index (κ3) is 3.58. The standard InChI is InChI=1S/C23H22FN3O2S/c1-14-26-21(22(30-14)16-5-3-2-4-6-16)23(28)27-18-9-15(10-18)11-19(27)13-29-20-8-7-17(24)12-25-20/h2-8,12,15,18-19H,9-11,13H2,1H3. The summed E-state index contributed by atoms with van der Waals surface area (Å²) in [4.78, 5) is 25.1. The molecule has 1 saturated carbocycles. The zero-order valence-corrected chi connectivity index (χ0v) is 17.4. The van der Waals surface area contributed by atoms with Crippen molar-refractivity contribution < 1.29 is 13.9 Å². The third-order valence-electron chi connectivity index (χ3n) is 5.93. The van der Waals surface area contributed by atoms with Crippen LogP contribution in [0.5, 0.6) is 5.88 Å². The van der Waals surface area contributed by atoms with Crippen LogP contribution in [0.1, 0.15) is 34.8 Å². The Morgan fingerprint density at radius 2 is 2.00 bits per heavy atom. The maximum absolute atomic E-state index is 13.7. The number of aryl methyl sites for hydroxylation is 1. The van der Waals surface area contributed by atoms with E-state index in [9.17, 15) is 9.18 Å². The van der Waals surface area contributed by atoms with Gasteiger partial charge in [0.25, 0.3) is 5.91 Å². The lowest BCUT2D eigenvalue weighted by atomic mass is 9.70. The summed E-state index contributed by atoms with van der Waals surface area (Å²) in [5, 5.41) is 0.879. The van der Waals surface area contributed by atoms with Crippen LogP contribution in [-0.2, 0) is 0 Å². The van der Waals surface area contributed by atoms with Gasteiger partial charge in [-0.25, -0.2) is 14.4 Å². The minimum absolute atomic E-state index is 0.0259. The topological polar surface area (TPSA) is 55.3 Å². The number of ether oxygens (including phenoxy) is 1. The van der Waals surface area contributed by atoms with Gasteiger partial charge in [0.2, 0.25) is 5.88 Å². The van der Waals surface area contributed by atoms with Crippen molar-refractivity contribution >= 4 is 17.2 Å². The molecule has 1 aromatic carbocycles. The van der Waals surface area contributed by atoms with Crippen molar-refractivity contribution in [2.75, 3.05) is 6.61 Å². The van der Waals surface area contributed by atoms with Crippen LogP contribution in [0.3, 0.4) is 0 Å². The summed E-state index contributed by atoms with van der Waals surface area (Å²) in [5.74, 6) is 0.588. The van der Waals surface area contributed by atoms with Crippen LogP contribution < -0.4 is 4.74 Å². The van der Waals surface area contributed by atoms with Gasteiger partial charge in [-0.3, -0.25) is 4.79 Å². The van der Waals surface area contributed by atoms with Gasteiger partial charge in [-0.15, -0.1) is 11.3 Å². The van der Waals surface area contributed by atoms with E-state index in [0.29, 0.717) is 24.1 Å². The number of benzene rings is 1. The van der Waals surface area contributed by atoms with E-state index in [1.165, 1.54) is 12.1 Å². The number of amides is 1. The molecule has 5 nitrogen and oxygen atoms in total. The molecule has 6 rings (SSSR count). The number of nitrogens with zero attached hydrogens (tertiary/aromatic N) is 3. The number of hydrogen-bond donors (Lipinski definition) is 0. The average Bonchev–Trinajstić information content (AvgIpc) is 3.14. The van der Waals surface area contributed by atoms with Crippen LogP contribution in [-0.4, -0.2) is 39.5 Å². The number of carbonyl (C=O) groups is 1. The minimum Gasteiger partial charge on any atom is -0.475 e. The number of aromatic nitrogens is 2. The van der Waals surface area contributed by atoms with Gasteiger partial charge >= 0.3 is 0 Å². The van der Waals surface area contributed by atoms with Gasteiger partial charge in [0, 0.05) is 12.1 Å². The second kappa shape index (κ2) is 7.80. The quantitative estimate of drug-likeness (QED) is 0.596. The number of piperidine rings is 2. The second-order valence-corrected chi connectivity index (χ2v) is 9.20. The van der Waals surface area contributed by atoms with Gasteiger partial charge in [0.1, 0.15) is 18.1 Å². The molecule has 7 heteroatoms. The zero-order chi connectivity index (χ0) is 20.7. The van der Waals surface area contributed by atoms with E-state index in [-0.39, 0.29) is 18.0 Å². The number of hydrogen-bond acceptors (Lipinski definition) is 5. The van der Waals surface area contributed by atoms with E-state index < -0.39 is 5.82 Å². The molecular formula is C23H22FN3O2S. The number of carbonyl (C=O) groups excluding carboxylic acids is 1. The van der Waals surface area contributed by atoms with Crippen LogP contribution in [0, 0.1) is 18.7 Å². The van der Waals surface area contributed by atoms with Crippen molar-refractivity contribution in [3.8, 4) is 16.3 Å². The van der Waals surface area contributed by atoms with Crippen molar-refractivity contribution in [2.45, 2.75) is 38.3 Å². The fourth-order valence-corrected chi connectivity index (χ4v) is 5.42. The largest absolute Gasteiger partial charge is 0.475 e. The molecule has 1 amide bonds. The molecule has 30 heavy (non-hydrogen) atoms. The number of pyridine rings is 1. The highest BCUT2D eigenvalue weighted by atomic mass is 32.1. The van der Waals surface area contributed by atoms with Crippen LogP contribution >= 0.6 is 11.3 Å². The molecule has 4 heterocycles. The number of halogens is 1. The highest BCUT2D eigenvalue weighted by Gasteiger charge is 2.47. The first-order chi connectivity index (χ1) is 14.6. The molecule has 2 bridgehead atoms. The van der Waals surface area contributed by atoms with Gasteiger partial charge in [-0.05, 0) is 43.7 Å². The van der Waals surface area contributed by atoms with E-state index >= 15 is 0 Å². The summed E-state index contributed by atoms with van der Waals surface area (Å²) in [6.45, 7) is 2.28. The van der Waals surface area contributed by atoms with Crippen LogP contribution in [0.15, 0.2) is 48.7 Å². The summed E-state index contributed by atoms with van der Waals surface area (Å²) in [6, 6.07) is 13.0. The SMILES string of the molecule is Cc1nc(C(=O)N2C(COc3ccc(F)cn3)CC3CC2C3)c(-c2ccccc2)s1. The smallest absolute Gasteiger partial charge is 0.274 e. The molecule has 3 aromatic rings. The van der Waals surface area contributed by atoms with Gasteiger partial charge < -0.3 is 9.64 Å². The van der Waals surface area contributed by atoms with E-state index in [2.05, 4.69) is 9.97 Å². The third-order valence-corrected chi connectivity index (χ3v) is 6.95. The Hall–Kier alpha value is -2.80. The average molecular weight is 424 g/mol. The van der Waals surface area contributed by atoms with Gasteiger partial charge in [0.05, 0.1) is 22.1 Å². The molecule has 2 saturated heterocycles. The minimum atomic E-state index is -0.398. The van der Waals surface area contributed by atoms with Crippen molar-refractivity contribution in [3.05, 3.63) is 65.2 Å². The Morgan fingerprint density at radius 3 is 2.73 bits per heavy atom. The summed E-state index contributed by atoms with van der Waals surface area (Å²) >= 11 is 1.55. The molecule has 3 aliphatic rings. The van der Waals surface area contributed by atoms with Gasteiger partial charge in [-0.1, -0.05) is 30.3 Å². The molecular weight excluding hydrogens is 401 g/mol. The van der Waals surface area contributed by atoms with Gasteiger partial charge in [-0.2, -0.15) is 0 Å². The van der Waals surface area contributed by atoms with Crippen molar-refractivity contribution in [2.24, 2.45) is 5.92 Å². The molecule has 2 aliphatic heterocycles. The number of fused-ring (bicyclic) bond motifs is 2. The first-order valence-corrected chi connectivity index (χ1v) is 11.0. The predicted molar refractivity (Wildman–Crippen MR) is 113 cm³/mol. The molecule has 1 unspecified atom stereocenters. The lowest BCUT2D eigenvalue weighted by Gasteiger charge is -2.53. The lowest BCUT2D eigenvalue weighted by Crippen LogP contribution is -2.60. The number of thiazole rings is 1. The molecule has 154 valence electrons.